The Morgan fingerprint density at radius 2 is 1.75 bits per heavy atom. The Morgan fingerprint density at radius 1 is 0.969 bits per heavy atom. The zero-order chi connectivity index (χ0) is 22.1. The summed E-state index contributed by atoms with van der Waals surface area (Å²) in [6.07, 6.45) is 7.03. The summed E-state index contributed by atoms with van der Waals surface area (Å²) in [5.41, 5.74) is 3.02. The number of methoxy groups -OCH3 is 1. The van der Waals surface area contributed by atoms with Crippen molar-refractivity contribution in [3.8, 4) is 5.75 Å². The van der Waals surface area contributed by atoms with Gasteiger partial charge in [-0.25, -0.2) is 0 Å². The Hall–Kier alpha value is -3.34. The molecule has 5 nitrogen and oxygen atoms in total. The molecule has 3 aromatic rings. The Bertz CT molecular complexity index is 1170. The van der Waals surface area contributed by atoms with E-state index in [0.717, 1.165) is 40.7 Å². The summed E-state index contributed by atoms with van der Waals surface area (Å²) < 4.78 is 5.51. The molecule has 0 spiro atoms. The van der Waals surface area contributed by atoms with Gasteiger partial charge in [-0.05, 0) is 42.5 Å². The fraction of sp³-hybridized carbons (Fsp3) is 0.333. The number of fused-ring (bicyclic) bond motifs is 2. The van der Waals surface area contributed by atoms with Crippen LogP contribution in [-0.2, 0) is 11.3 Å². The molecule has 0 unspecified atom stereocenters. The second kappa shape index (κ2) is 8.65. The van der Waals surface area contributed by atoms with Crippen LogP contribution in [0.15, 0.2) is 54.6 Å². The normalized spacial score (nSPS) is 16.3. The number of anilines is 2. The lowest BCUT2D eigenvalue weighted by Gasteiger charge is -2.27. The predicted molar refractivity (Wildman–Crippen MR) is 126 cm³/mol. The monoisotopic (exact) mass is 428 g/mol. The molecule has 32 heavy (non-hydrogen) atoms. The molecule has 1 fully saturated rings. The Kier molecular flexibility index (Phi) is 5.56. The molecule has 1 aliphatic heterocycles. The van der Waals surface area contributed by atoms with Gasteiger partial charge in [-0.15, -0.1) is 0 Å². The maximum Gasteiger partial charge on any atom is 0.256 e. The Balaban J connectivity index is 1.53. The third kappa shape index (κ3) is 3.52. The van der Waals surface area contributed by atoms with Gasteiger partial charge in [0.15, 0.2) is 0 Å². The lowest BCUT2D eigenvalue weighted by atomic mass is 9.89. The maximum absolute atomic E-state index is 13.5. The lowest BCUT2D eigenvalue weighted by Crippen LogP contribution is -2.31. The summed E-state index contributed by atoms with van der Waals surface area (Å²) in [7, 11) is 1.64. The Labute approximate surface area is 188 Å². The Morgan fingerprint density at radius 3 is 2.50 bits per heavy atom. The minimum atomic E-state index is 0.0332. The van der Waals surface area contributed by atoms with Crippen molar-refractivity contribution in [2.75, 3.05) is 18.6 Å². The number of carbonyl (C=O) groups excluding carboxylic acids is 2. The number of rotatable bonds is 6. The summed E-state index contributed by atoms with van der Waals surface area (Å²) in [5.74, 6) is 1.37. The number of amides is 2. The van der Waals surface area contributed by atoms with Gasteiger partial charge < -0.3 is 9.64 Å². The van der Waals surface area contributed by atoms with Crippen molar-refractivity contribution >= 4 is 34.5 Å². The summed E-state index contributed by atoms with van der Waals surface area (Å²) >= 11 is 0. The van der Waals surface area contributed by atoms with Crippen molar-refractivity contribution in [2.45, 2.75) is 38.6 Å². The number of nitrogens with zero attached hydrogens (tertiary/aromatic N) is 2. The van der Waals surface area contributed by atoms with Gasteiger partial charge in [-0.2, -0.15) is 0 Å². The van der Waals surface area contributed by atoms with Crippen LogP contribution in [-0.4, -0.2) is 30.9 Å². The van der Waals surface area contributed by atoms with E-state index in [9.17, 15) is 9.59 Å². The molecule has 1 saturated carbocycles. The van der Waals surface area contributed by atoms with Gasteiger partial charge in [0.2, 0.25) is 6.41 Å². The summed E-state index contributed by atoms with van der Waals surface area (Å²) in [5, 5.41) is 1.83. The lowest BCUT2D eigenvalue weighted by molar-refractivity contribution is -0.106. The van der Waals surface area contributed by atoms with Crippen LogP contribution in [0.2, 0.25) is 0 Å². The molecular formula is C27H28N2O3. The molecule has 0 atom stereocenters. The van der Waals surface area contributed by atoms with Crippen LogP contribution in [0, 0.1) is 5.92 Å². The fourth-order valence-corrected chi connectivity index (χ4v) is 5.32. The van der Waals surface area contributed by atoms with E-state index in [2.05, 4.69) is 0 Å². The number of ether oxygens (including phenoxy) is 1. The van der Waals surface area contributed by atoms with E-state index in [-0.39, 0.29) is 5.91 Å². The molecule has 0 radical (unpaired) electrons. The van der Waals surface area contributed by atoms with E-state index in [0.29, 0.717) is 23.7 Å². The second-order valence-electron chi connectivity index (χ2n) is 8.81. The molecule has 164 valence electrons. The topological polar surface area (TPSA) is 49.9 Å². The number of benzene rings is 3. The highest BCUT2D eigenvalue weighted by Gasteiger charge is 2.33. The van der Waals surface area contributed by atoms with E-state index in [4.69, 9.17) is 4.74 Å². The molecule has 3 aromatic carbocycles. The first-order valence-corrected chi connectivity index (χ1v) is 11.4. The van der Waals surface area contributed by atoms with Gasteiger partial charge in [0.05, 0.1) is 24.0 Å². The first-order chi connectivity index (χ1) is 15.7. The maximum atomic E-state index is 13.5. The molecule has 1 heterocycles. The third-order valence-corrected chi connectivity index (χ3v) is 6.90. The van der Waals surface area contributed by atoms with Gasteiger partial charge in [-0.3, -0.25) is 14.5 Å². The molecule has 0 saturated heterocycles. The van der Waals surface area contributed by atoms with Crippen LogP contribution in [0.25, 0.3) is 10.8 Å². The van der Waals surface area contributed by atoms with E-state index >= 15 is 0 Å². The molecule has 5 heteroatoms. The minimum absolute atomic E-state index is 0.0332. The van der Waals surface area contributed by atoms with Crippen LogP contribution in [0.4, 0.5) is 11.4 Å². The summed E-state index contributed by atoms with van der Waals surface area (Å²) in [6, 6.07) is 17.4. The van der Waals surface area contributed by atoms with Gasteiger partial charge in [0, 0.05) is 23.9 Å². The average molecular weight is 429 g/mol. The van der Waals surface area contributed by atoms with Crippen molar-refractivity contribution in [3.05, 3.63) is 65.7 Å². The van der Waals surface area contributed by atoms with Crippen molar-refractivity contribution in [1.82, 2.24) is 4.90 Å². The standard InChI is InChI=1S/C27H28N2O3/c1-32-25-15-14-23(21-11-5-6-12-22(21)25)29(18-30)24-13-7-10-20-17-28(27(31)26(20)24)16-19-8-3-2-4-9-19/h5-7,10-15,18-19H,2-4,8-9,16-17H2,1H3. The zero-order valence-electron chi connectivity index (χ0n) is 18.4. The SMILES string of the molecule is COc1ccc(N(C=O)c2cccc3c2C(=O)N(CC2CCCCC2)C3)c2ccccc12. The van der Waals surface area contributed by atoms with Crippen molar-refractivity contribution in [1.29, 1.82) is 0 Å². The molecule has 1 aliphatic carbocycles. The molecule has 5 rings (SSSR count). The van der Waals surface area contributed by atoms with E-state index < -0.39 is 0 Å². The van der Waals surface area contributed by atoms with Gasteiger partial charge >= 0.3 is 0 Å². The number of hydrogen-bond donors (Lipinski definition) is 0. The van der Waals surface area contributed by atoms with Crippen molar-refractivity contribution in [3.63, 3.8) is 0 Å². The van der Waals surface area contributed by atoms with Gasteiger partial charge in [0.25, 0.3) is 5.91 Å². The number of carbonyl (C=O) groups is 2. The first-order valence-electron chi connectivity index (χ1n) is 11.4. The molecular weight excluding hydrogens is 400 g/mol. The number of hydrogen-bond acceptors (Lipinski definition) is 3. The van der Waals surface area contributed by atoms with Gasteiger partial charge in [0.1, 0.15) is 5.75 Å². The largest absolute Gasteiger partial charge is 0.496 e. The molecule has 2 aliphatic rings. The van der Waals surface area contributed by atoms with Crippen LogP contribution in [0.5, 0.6) is 5.75 Å². The fourth-order valence-electron chi connectivity index (χ4n) is 5.32. The summed E-state index contributed by atoms with van der Waals surface area (Å²) in [4.78, 5) is 29.4. The summed E-state index contributed by atoms with van der Waals surface area (Å²) in [6.45, 7) is 1.42. The van der Waals surface area contributed by atoms with Crippen LogP contribution in [0.3, 0.4) is 0 Å². The van der Waals surface area contributed by atoms with Crippen molar-refractivity contribution in [2.24, 2.45) is 5.92 Å². The molecule has 0 N–H and O–H groups in total. The quantitative estimate of drug-likeness (QED) is 0.475. The van der Waals surface area contributed by atoms with E-state index in [1.54, 1.807) is 12.0 Å². The molecule has 0 aromatic heterocycles. The second-order valence-corrected chi connectivity index (χ2v) is 8.81. The van der Waals surface area contributed by atoms with Gasteiger partial charge in [-0.1, -0.05) is 55.7 Å². The van der Waals surface area contributed by atoms with Crippen LogP contribution in [0.1, 0.15) is 48.0 Å². The van der Waals surface area contributed by atoms with Crippen LogP contribution < -0.4 is 9.64 Å². The average Bonchev–Trinajstić information content (AvgIpc) is 3.16. The zero-order valence-corrected chi connectivity index (χ0v) is 18.4. The predicted octanol–water partition coefficient (Wildman–Crippen LogP) is 5.68. The van der Waals surface area contributed by atoms with Crippen LogP contribution >= 0.6 is 0 Å². The minimum Gasteiger partial charge on any atom is -0.496 e. The highest BCUT2D eigenvalue weighted by atomic mass is 16.5. The third-order valence-electron chi connectivity index (χ3n) is 6.90. The smallest absolute Gasteiger partial charge is 0.256 e. The first kappa shape index (κ1) is 20.6. The molecule has 2 amide bonds. The van der Waals surface area contributed by atoms with E-state index in [1.807, 2.05) is 59.5 Å². The highest BCUT2D eigenvalue weighted by Crippen LogP contribution is 2.40. The van der Waals surface area contributed by atoms with E-state index in [1.165, 1.54) is 32.1 Å². The molecule has 0 bridgehead atoms. The van der Waals surface area contributed by atoms with Crippen molar-refractivity contribution < 1.29 is 14.3 Å². The highest BCUT2D eigenvalue weighted by molar-refractivity contribution is 6.10.